The van der Waals surface area contributed by atoms with Gasteiger partial charge in [-0.05, 0) is 37.8 Å². The number of H-pyrrole nitrogens is 1. The summed E-state index contributed by atoms with van der Waals surface area (Å²) in [6, 6.07) is 4.39. The molecule has 150 valence electrons. The molecule has 0 radical (unpaired) electrons. The van der Waals surface area contributed by atoms with E-state index in [4.69, 9.17) is 14.5 Å². The molecule has 0 unspecified atom stereocenters. The molecule has 0 amide bonds. The number of aromatic amines is 1. The first-order chi connectivity index (χ1) is 14.2. The number of pyridine rings is 1. The van der Waals surface area contributed by atoms with Crippen molar-refractivity contribution in [3.05, 3.63) is 36.9 Å². The van der Waals surface area contributed by atoms with Gasteiger partial charge in [0.1, 0.15) is 11.3 Å². The Labute approximate surface area is 168 Å². The third-order valence-corrected chi connectivity index (χ3v) is 5.73. The minimum Gasteiger partial charge on any atom is -0.480 e. The lowest BCUT2D eigenvalue weighted by atomic mass is 9.93. The van der Waals surface area contributed by atoms with E-state index in [2.05, 4.69) is 20.3 Å². The fourth-order valence-corrected chi connectivity index (χ4v) is 4.14. The number of methoxy groups -OCH3 is 2. The Morgan fingerprint density at radius 2 is 2.00 bits per heavy atom. The van der Waals surface area contributed by atoms with Crippen LogP contribution in [0, 0.1) is 0 Å². The number of aromatic nitrogens is 5. The first-order valence-electron chi connectivity index (χ1n) is 9.90. The Bertz CT molecular complexity index is 1140. The number of imidazole rings is 1. The van der Waals surface area contributed by atoms with E-state index in [0.717, 1.165) is 53.5 Å². The molecule has 1 aliphatic carbocycles. The van der Waals surface area contributed by atoms with Gasteiger partial charge in [0.15, 0.2) is 0 Å². The molecule has 0 atom stereocenters. The number of anilines is 1. The van der Waals surface area contributed by atoms with E-state index in [0.29, 0.717) is 24.0 Å². The number of ether oxygens (including phenoxy) is 2. The molecule has 2 N–H and O–H groups in total. The maximum atomic E-state index is 5.63. The molecule has 0 spiro atoms. The summed E-state index contributed by atoms with van der Waals surface area (Å²) in [4.78, 5) is 16.9. The van der Waals surface area contributed by atoms with Gasteiger partial charge >= 0.3 is 0 Å². The summed E-state index contributed by atoms with van der Waals surface area (Å²) in [5, 5.41) is 4.35. The normalized spacial score (nSPS) is 19.7. The minimum atomic E-state index is 0.349. The average molecular weight is 392 g/mol. The second-order valence-electron chi connectivity index (χ2n) is 7.45. The zero-order valence-electron chi connectivity index (χ0n) is 16.6. The number of nitrogens with one attached hydrogen (secondary N) is 2. The van der Waals surface area contributed by atoms with E-state index in [9.17, 15) is 0 Å². The largest absolute Gasteiger partial charge is 0.480 e. The molecule has 1 aliphatic rings. The van der Waals surface area contributed by atoms with Crippen molar-refractivity contribution >= 4 is 22.6 Å². The Morgan fingerprint density at radius 1 is 1.14 bits per heavy atom. The summed E-state index contributed by atoms with van der Waals surface area (Å²) >= 11 is 0. The van der Waals surface area contributed by atoms with E-state index in [1.165, 1.54) is 0 Å². The summed E-state index contributed by atoms with van der Waals surface area (Å²) < 4.78 is 13.1. The highest BCUT2D eigenvalue weighted by atomic mass is 16.5. The van der Waals surface area contributed by atoms with Crippen molar-refractivity contribution in [3.63, 3.8) is 0 Å². The van der Waals surface area contributed by atoms with E-state index in [1.807, 2.05) is 35.1 Å². The number of hydrogen-bond acceptors (Lipinski definition) is 6. The van der Waals surface area contributed by atoms with Crippen LogP contribution >= 0.6 is 0 Å². The predicted octanol–water partition coefficient (Wildman–Crippen LogP) is 3.65. The molecule has 1 saturated carbocycles. The van der Waals surface area contributed by atoms with Gasteiger partial charge in [-0.25, -0.2) is 4.98 Å². The quantitative estimate of drug-likeness (QED) is 0.539. The molecule has 1 fully saturated rings. The zero-order valence-corrected chi connectivity index (χ0v) is 16.6. The minimum absolute atomic E-state index is 0.349. The lowest BCUT2D eigenvalue weighted by Gasteiger charge is -2.28. The molecular formula is C21H24N6O2. The molecule has 8 nitrogen and oxygen atoms in total. The van der Waals surface area contributed by atoms with Gasteiger partial charge in [-0.2, -0.15) is 9.97 Å². The smallest absolute Gasteiger partial charge is 0.228 e. The summed E-state index contributed by atoms with van der Waals surface area (Å²) in [6.07, 6.45) is 12.3. The van der Waals surface area contributed by atoms with Gasteiger partial charge < -0.3 is 24.2 Å². The van der Waals surface area contributed by atoms with Crippen molar-refractivity contribution < 1.29 is 9.47 Å². The fourth-order valence-electron chi connectivity index (χ4n) is 4.14. The second kappa shape index (κ2) is 7.36. The summed E-state index contributed by atoms with van der Waals surface area (Å²) in [6.45, 7) is 0. The summed E-state index contributed by atoms with van der Waals surface area (Å²) in [5.41, 5.74) is 3.71. The van der Waals surface area contributed by atoms with Crippen molar-refractivity contribution in [2.75, 3.05) is 19.5 Å². The Balaban J connectivity index is 1.47. The zero-order chi connectivity index (χ0) is 19.8. The molecule has 4 aromatic rings. The second-order valence-corrected chi connectivity index (χ2v) is 7.45. The van der Waals surface area contributed by atoms with Crippen LogP contribution in [0.15, 0.2) is 36.9 Å². The van der Waals surface area contributed by atoms with Crippen LogP contribution in [0.25, 0.3) is 27.8 Å². The van der Waals surface area contributed by atoms with Crippen LogP contribution in [0.1, 0.15) is 25.7 Å². The molecule has 5 rings (SSSR count). The van der Waals surface area contributed by atoms with Crippen molar-refractivity contribution in [3.8, 4) is 17.0 Å². The maximum Gasteiger partial charge on any atom is 0.228 e. The average Bonchev–Trinajstić information content (AvgIpc) is 3.40. The van der Waals surface area contributed by atoms with Crippen LogP contribution in [0.5, 0.6) is 5.88 Å². The van der Waals surface area contributed by atoms with Crippen LogP contribution in [-0.4, -0.2) is 50.7 Å². The molecule has 29 heavy (non-hydrogen) atoms. The topological polar surface area (TPSA) is 89.4 Å². The highest BCUT2D eigenvalue weighted by molar-refractivity contribution is 5.97. The number of rotatable bonds is 5. The molecule has 4 aromatic heterocycles. The van der Waals surface area contributed by atoms with Crippen LogP contribution in [0.4, 0.5) is 5.95 Å². The maximum absolute atomic E-state index is 5.63. The van der Waals surface area contributed by atoms with Gasteiger partial charge in [0, 0.05) is 49.1 Å². The van der Waals surface area contributed by atoms with Crippen LogP contribution in [-0.2, 0) is 4.74 Å². The molecule has 0 bridgehead atoms. The monoisotopic (exact) mass is 392 g/mol. The summed E-state index contributed by atoms with van der Waals surface area (Å²) in [5.74, 6) is 1.15. The van der Waals surface area contributed by atoms with Gasteiger partial charge in [-0.3, -0.25) is 0 Å². The van der Waals surface area contributed by atoms with E-state index in [1.54, 1.807) is 20.4 Å². The van der Waals surface area contributed by atoms with Crippen molar-refractivity contribution in [1.29, 1.82) is 0 Å². The van der Waals surface area contributed by atoms with E-state index >= 15 is 0 Å². The highest BCUT2D eigenvalue weighted by Crippen LogP contribution is 2.34. The number of hydrogen-bond donors (Lipinski definition) is 2. The lowest BCUT2D eigenvalue weighted by molar-refractivity contribution is 0.0681. The molecule has 0 saturated heterocycles. The van der Waals surface area contributed by atoms with Crippen molar-refractivity contribution in [1.82, 2.24) is 24.3 Å². The van der Waals surface area contributed by atoms with Crippen LogP contribution < -0.4 is 10.1 Å². The Hall–Kier alpha value is -3.13. The number of fused-ring (bicyclic) bond motifs is 2. The first kappa shape index (κ1) is 17.9. The van der Waals surface area contributed by atoms with Crippen molar-refractivity contribution in [2.24, 2.45) is 0 Å². The molecule has 4 heterocycles. The molecule has 0 aliphatic heterocycles. The highest BCUT2D eigenvalue weighted by Gasteiger charge is 2.22. The SMILES string of the molecule is COc1nc(NC2CCC(OC)CC2)nc2[nH]cc(-c3ccc4nccn4c3)c12. The first-order valence-corrected chi connectivity index (χ1v) is 9.90. The Morgan fingerprint density at radius 3 is 2.79 bits per heavy atom. The summed E-state index contributed by atoms with van der Waals surface area (Å²) in [7, 11) is 3.43. The molecular weight excluding hydrogens is 368 g/mol. The van der Waals surface area contributed by atoms with Crippen molar-refractivity contribution in [2.45, 2.75) is 37.8 Å². The van der Waals surface area contributed by atoms with E-state index in [-0.39, 0.29) is 0 Å². The van der Waals surface area contributed by atoms with Gasteiger partial charge in [0.25, 0.3) is 0 Å². The lowest BCUT2D eigenvalue weighted by Crippen LogP contribution is -2.29. The predicted molar refractivity (Wildman–Crippen MR) is 111 cm³/mol. The van der Waals surface area contributed by atoms with Gasteiger partial charge in [-0.15, -0.1) is 0 Å². The Kier molecular flexibility index (Phi) is 4.55. The molecule has 0 aromatic carbocycles. The van der Waals surface area contributed by atoms with E-state index < -0.39 is 0 Å². The van der Waals surface area contributed by atoms with Crippen LogP contribution in [0.2, 0.25) is 0 Å². The van der Waals surface area contributed by atoms with Gasteiger partial charge in [0.2, 0.25) is 11.8 Å². The standard InChI is InChI=1S/C21H24N6O2/c1-28-15-6-4-14(5-7-15)24-21-25-19-18(20(26-21)29-2)16(11-23-19)13-3-8-17-22-9-10-27(17)12-13/h3,8-12,14-15H,4-7H2,1-2H3,(H2,23,24,25,26). The third-order valence-electron chi connectivity index (χ3n) is 5.73. The number of nitrogens with zero attached hydrogens (tertiary/aromatic N) is 4. The molecule has 8 heteroatoms. The third kappa shape index (κ3) is 3.29. The van der Waals surface area contributed by atoms with Crippen LogP contribution in [0.3, 0.4) is 0 Å². The van der Waals surface area contributed by atoms with Gasteiger partial charge in [0.05, 0.1) is 18.6 Å². The fraction of sp³-hybridized carbons (Fsp3) is 0.381. The van der Waals surface area contributed by atoms with Gasteiger partial charge in [-0.1, -0.05) is 0 Å².